The quantitative estimate of drug-likeness (QED) is 0.905. The second kappa shape index (κ2) is 7.34. The number of hydrogen-bond donors (Lipinski definition) is 1. The van der Waals surface area contributed by atoms with Gasteiger partial charge >= 0.3 is 0 Å². The highest BCUT2D eigenvalue weighted by molar-refractivity contribution is 5.99. The summed E-state index contributed by atoms with van der Waals surface area (Å²) in [5, 5.41) is 2.81. The third-order valence-corrected chi connectivity index (χ3v) is 3.92. The molecule has 2 aromatic rings. The molecule has 1 aliphatic rings. The van der Waals surface area contributed by atoms with Crippen LogP contribution in [0.25, 0.3) is 0 Å². The van der Waals surface area contributed by atoms with Crippen LogP contribution in [0.1, 0.15) is 25.3 Å². The van der Waals surface area contributed by atoms with Crippen LogP contribution in [0, 0.1) is 5.82 Å². The van der Waals surface area contributed by atoms with Gasteiger partial charge in [-0.25, -0.2) is 4.39 Å². The summed E-state index contributed by atoms with van der Waals surface area (Å²) in [6.45, 7) is 2.20. The number of halogens is 1. The first-order chi connectivity index (χ1) is 12.1. The van der Waals surface area contributed by atoms with Crippen LogP contribution in [-0.2, 0) is 16.1 Å². The van der Waals surface area contributed by atoms with Gasteiger partial charge in [-0.15, -0.1) is 0 Å². The van der Waals surface area contributed by atoms with Crippen molar-refractivity contribution in [3.63, 3.8) is 0 Å². The first-order valence-electron chi connectivity index (χ1n) is 8.18. The summed E-state index contributed by atoms with van der Waals surface area (Å²) in [4.78, 5) is 25.6. The average Bonchev–Trinajstić information content (AvgIpc) is 2.59. The fraction of sp³-hybridized carbons (Fsp3) is 0.263. The summed E-state index contributed by atoms with van der Waals surface area (Å²) in [7, 11) is 0. The van der Waals surface area contributed by atoms with Crippen molar-refractivity contribution in [3.8, 4) is 5.75 Å². The largest absolute Gasteiger partial charge is 0.481 e. The summed E-state index contributed by atoms with van der Waals surface area (Å²) in [5.74, 6) is -0.00183. The molecule has 0 bridgehead atoms. The molecule has 3 rings (SSSR count). The molecule has 5 nitrogen and oxygen atoms in total. The lowest BCUT2D eigenvalue weighted by Gasteiger charge is -2.29. The lowest BCUT2D eigenvalue weighted by molar-refractivity contribution is -0.121. The molecule has 2 amide bonds. The number of carbonyl (C=O) groups excluding carboxylic acids is 2. The van der Waals surface area contributed by atoms with E-state index in [-0.39, 0.29) is 24.2 Å². The number of carbonyl (C=O) groups is 2. The van der Waals surface area contributed by atoms with Crippen molar-refractivity contribution in [2.45, 2.75) is 26.3 Å². The van der Waals surface area contributed by atoms with E-state index in [2.05, 4.69) is 5.32 Å². The molecule has 0 saturated heterocycles. The molecule has 1 N–H and O–H groups in total. The Kier molecular flexibility index (Phi) is 4.97. The number of anilines is 2. The van der Waals surface area contributed by atoms with Crippen molar-refractivity contribution < 1.29 is 18.7 Å². The van der Waals surface area contributed by atoms with E-state index in [4.69, 9.17) is 4.74 Å². The van der Waals surface area contributed by atoms with Gasteiger partial charge in [-0.1, -0.05) is 19.1 Å². The molecule has 25 heavy (non-hydrogen) atoms. The van der Waals surface area contributed by atoms with Crippen molar-refractivity contribution in [2.24, 2.45) is 0 Å². The highest BCUT2D eigenvalue weighted by atomic mass is 19.1. The van der Waals surface area contributed by atoms with Gasteiger partial charge in [0, 0.05) is 18.2 Å². The molecule has 0 saturated carbocycles. The number of amides is 2. The molecule has 6 heteroatoms. The van der Waals surface area contributed by atoms with Crippen LogP contribution in [0.3, 0.4) is 0 Å². The molecule has 0 aliphatic carbocycles. The molecule has 1 aliphatic heterocycles. The van der Waals surface area contributed by atoms with Crippen LogP contribution in [0.15, 0.2) is 42.5 Å². The van der Waals surface area contributed by atoms with Gasteiger partial charge in [-0.2, -0.15) is 0 Å². The molecular weight excluding hydrogens is 323 g/mol. The van der Waals surface area contributed by atoms with Crippen LogP contribution in [-0.4, -0.2) is 18.4 Å². The number of hydrogen-bond acceptors (Lipinski definition) is 3. The van der Waals surface area contributed by atoms with E-state index in [0.29, 0.717) is 30.1 Å². The standard InChI is InChI=1S/C19H19FN2O3/c1-2-3-18(23)21-15-8-9-16-17(10-15)25-12-19(24)22(16)11-13-4-6-14(20)7-5-13/h4-10H,2-3,11-12H2,1H3,(H,21,23). The van der Waals surface area contributed by atoms with Crippen molar-refractivity contribution >= 4 is 23.2 Å². The number of nitrogens with one attached hydrogen (secondary N) is 1. The van der Waals surface area contributed by atoms with Crippen LogP contribution in [0.4, 0.5) is 15.8 Å². The Bertz CT molecular complexity index is 790. The van der Waals surface area contributed by atoms with Crippen LogP contribution in [0.5, 0.6) is 5.75 Å². The smallest absolute Gasteiger partial charge is 0.265 e. The topological polar surface area (TPSA) is 58.6 Å². The third kappa shape index (κ3) is 3.96. The number of nitrogens with zero attached hydrogens (tertiary/aromatic N) is 1. The molecule has 130 valence electrons. The zero-order valence-electron chi connectivity index (χ0n) is 13.9. The predicted molar refractivity (Wildman–Crippen MR) is 93.1 cm³/mol. The van der Waals surface area contributed by atoms with Crippen LogP contribution < -0.4 is 15.0 Å². The molecule has 0 atom stereocenters. The number of ether oxygens (including phenoxy) is 1. The first-order valence-corrected chi connectivity index (χ1v) is 8.18. The predicted octanol–water partition coefficient (Wildman–Crippen LogP) is 3.49. The summed E-state index contributed by atoms with van der Waals surface area (Å²) >= 11 is 0. The minimum Gasteiger partial charge on any atom is -0.481 e. The van der Waals surface area contributed by atoms with E-state index in [1.54, 1.807) is 35.2 Å². The summed E-state index contributed by atoms with van der Waals surface area (Å²) < 4.78 is 18.6. The van der Waals surface area contributed by atoms with Crippen LogP contribution >= 0.6 is 0 Å². The summed E-state index contributed by atoms with van der Waals surface area (Å²) in [6, 6.07) is 11.2. The van der Waals surface area contributed by atoms with E-state index in [1.807, 2.05) is 6.92 Å². The van der Waals surface area contributed by atoms with Gasteiger partial charge in [0.25, 0.3) is 5.91 Å². The Balaban J connectivity index is 1.82. The number of benzene rings is 2. The van der Waals surface area contributed by atoms with Gasteiger partial charge < -0.3 is 15.0 Å². The molecule has 0 radical (unpaired) electrons. The normalized spacial score (nSPS) is 13.2. The SMILES string of the molecule is CCCC(=O)Nc1ccc2c(c1)OCC(=O)N2Cc1ccc(F)cc1. The molecule has 2 aromatic carbocycles. The van der Waals surface area contributed by atoms with Crippen molar-refractivity contribution in [3.05, 3.63) is 53.8 Å². The lowest BCUT2D eigenvalue weighted by atomic mass is 10.1. The monoisotopic (exact) mass is 342 g/mol. The molecule has 0 spiro atoms. The second-order valence-electron chi connectivity index (χ2n) is 5.88. The highest BCUT2D eigenvalue weighted by Gasteiger charge is 2.26. The van der Waals surface area contributed by atoms with E-state index in [9.17, 15) is 14.0 Å². The van der Waals surface area contributed by atoms with Crippen molar-refractivity contribution in [1.82, 2.24) is 0 Å². The van der Waals surface area contributed by atoms with Gasteiger partial charge in [0.15, 0.2) is 6.61 Å². The summed E-state index contributed by atoms with van der Waals surface area (Å²) in [5.41, 5.74) is 2.09. The van der Waals surface area contributed by atoms with Gasteiger partial charge in [0.2, 0.25) is 5.91 Å². The maximum atomic E-state index is 13.0. The fourth-order valence-corrected chi connectivity index (χ4v) is 2.68. The van der Waals surface area contributed by atoms with Gasteiger partial charge in [0.05, 0.1) is 12.2 Å². The Hall–Kier alpha value is -2.89. The lowest BCUT2D eigenvalue weighted by Crippen LogP contribution is -2.38. The minimum absolute atomic E-state index is 0.0579. The van der Waals surface area contributed by atoms with E-state index >= 15 is 0 Å². The zero-order valence-corrected chi connectivity index (χ0v) is 13.9. The number of rotatable bonds is 5. The van der Waals surface area contributed by atoms with E-state index in [1.165, 1.54) is 12.1 Å². The Morgan fingerprint density at radius 3 is 2.72 bits per heavy atom. The van der Waals surface area contributed by atoms with E-state index in [0.717, 1.165) is 12.0 Å². The maximum absolute atomic E-state index is 13.0. The maximum Gasteiger partial charge on any atom is 0.265 e. The average molecular weight is 342 g/mol. The van der Waals surface area contributed by atoms with Crippen molar-refractivity contribution in [2.75, 3.05) is 16.8 Å². The van der Waals surface area contributed by atoms with E-state index < -0.39 is 0 Å². The van der Waals surface area contributed by atoms with Gasteiger partial charge in [-0.3, -0.25) is 9.59 Å². The van der Waals surface area contributed by atoms with Crippen LogP contribution in [0.2, 0.25) is 0 Å². The second-order valence-corrected chi connectivity index (χ2v) is 5.88. The number of fused-ring (bicyclic) bond motifs is 1. The molecule has 0 unspecified atom stereocenters. The summed E-state index contributed by atoms with van der Waals surface area (Å²) in [6.07, 6.45) is 1.22. The fourth-order valence-electron chi connectivity index (χ4n) is 2.68. The minimum atomic E-state index is -0.315. The van der Waals surface area contributed by atoms with Gasteiger partial charge in [-0.05, 0) is 36.2 Å². The van der Waals surface area contributed by atoms with Gasteiger partial charge in [0.1, 0.15) is 11.6 Å². The Morgan fingerprint density at radius 2 is 2.00 bits per heavy atom. The Morgan fingerprint density at radius 1 is 1.24 bits per heavy atom. The molecule has 0 aromatic heterocycles. The Labute approximate surface area is 145 Å². The molecule has 0 fully saturated rings. The third-order valence-electron chi connectivity index (χ3n) is 3.92. The molecule has 1 heterocycles. The first kappa shape index (κ1) is 17.0. The van der Waals surface area contributed by atoms with Crippen molar-refractivity contribution in [1.29, 1.82) is 0 Å². The molecular formula is C19H19FN2O3. The highest BCUT2D eigenvalue weighted by Crippen LogP contribution is 2.35. The zero-order chi connectivity index (χ0) is 17.8.